The standard InChI is InChI=1S/C25H34FN3O.H2/c1-18(2)20-9-6-19(7-10-20)8-13-25(30)28(5)21-11-12-24(23(26)16-21)29-15-14-22(17-29)27(3)4;/h6-7,9-12,16,18,22H,8,13-15,17H2,1-5H3;1H. The van der Waals surface area contributed by atoms with Crippen LogP contribution in [-0.2, 0) is 11.2 Å². The molecule has 0 spiro atoms. The van der Waals surface area contributed by atoms with Gasteiger partial charge in [-0.1, -0.05) is 38.1 Å². The molecule has 2 aromatic carbocycles. The van der Waals surface area contributed by atoms with E-state index in [0.29, 0.717) is 36.2 Å². The summed E-state index contributed by atoms with van der Waals surface area (Å²) in [6.45, 7) is 6.02. The van der Waals surface area contributed by atoms with Gasteiger partial charge in [0, 0.05) is 39.7 Å². The molecule has 4 nitrogen and oxygen atoms in total. The average molecular weight is 414 g/mol. The number of nitrogens with zero attached hydrogens (tertiary/aromatic N) is 3. The Kier molecular flexibility index (Phi) is 7.14. The number of likely N-dealkylation sites (N-methyl/N-ethyl adjacent to an activating group) is 1. The fourth-order valence-electron chi connectivity index (χ4n) is 3.98. The molecule has 1 atom stereocenters. The molecule has 2 aromatic rings. The zero-order valence-corrected chi connectivity index (χ0v) is 18.9. The summed E-state index contributed by atoms with van der Waals surface area (Å²) in [5.74, 6) is 0.221. The first kappa shape index (κ1) is 22.3. The molecule has 1 unspecified atom stereocenters. The maximum atomic E-state index is 14.8. The molecular formula is C25H36FN3O. The Hall–Kier alpha value is -2.40. The Bertz CT molecular complexity index is 870. The fourth-order valence-corrected chi connectivity index (χ4v) is 3.98. The number of anilines is 2. The van der Waals surface area contributed by atoms with Gasteiger partial charge in [0.1, 0.15) is 5.82 Å². The van der Waals surface area contributed by atoms with Gasteiger partial charge >= 0.3 is 0 Å². The number of amides is 1. The maximum Gasteiger partial charge on any atom is 0.227 e. The van der Waals surface area contributed by atoms with Crippen molar-refractivity contribution < 1.29 is 10.6 Å². The van der Waals surface area contributed by atoms with Gasteiger partial charge in [0.05, 0.1) is 5.69 Å². The maximum absolute atomic E-state index is 14.8. The Morgan fingerprint density at radius 2 is 1.87 bits per heavy atom. The van der Waals surface area contributed by atoms with Crippen molar-refractivity contribution in [2.24, 2.45) is 0 Å². The molecule has 0 aromatic heterocycles. The highest BCUT2D eigenvalue weighted by Crippen LogP contribution is 2.28. The topological polar surface area (TPSA) is 26.8 Å². The molecule has 0 N–H and O–H groups in total. The molecule has 1 heterocycles. The molecule has 0 aliphatic carbocycles. The highest BCUT2D eigenvalue weighted by atomic mass is 19.1. The Balaban J connectivity index is 0.00000341. The number of hydrogen-bond acceptors (Lipinski definition) is 3. The van der Waals surface area contributed by atoms with Crippen LogP contribution in [0.25, 0.3) is 0 Å². The van der Waals surface area contributed by atoms with E-state index in [2.05, 4.69) is 62.0 Å². The molecule has 164 valence electrons. The minimum absolute atomic E-state index is 0. The van der Waals surface area contributed by atoms with Gasteiger partial charge in [-0.15, -0.1) is 0 Å². The second-order valence-corrected chi connectivity index (χ2v) is 8.84. The van der Waals surface area contributed by atoms with E-state index in [1.54, 1.807) is 18.0 Å². The van der Waals surface area contributed by atoms with Crippen LogP contribution in [0.5, 0.6) is 0 Å². The lowest BCUT2D eigenvalue weighted by atomic mass is 10.0. The van der Waals surface area contributed by atoms with Gasteiger partial charge in [-0.2, -0.15) is 0 Å². The molecule has 1 saturated heterocycles. The number of aryl methyl sites for hydroxylation is 1. The van der Waals surface area contributed by atoms with Crippen molar-refractivity contribution in [1.29, 1.82) is 0 Å². The summed E-state index contributed by atoms with van der Waals surface area (Å²) in [5, 5.41) is 0. The Morgan fingerprint density at radius 3 is 2.43 bits per heavy atom. The average Bonchev–Trinajstić information content (AvgIpc) is 3.22. The third kappa shape index (κ3) is 5.20. The van der Waals surface area contributed by atoms with Crippen LogP contribution in [0.2, 0.25) is 0 Å². The fraction of sp³-hybridized carbons (Fsp3) is 0.480. The quantitative estimate of drug-likeness (QED) is 0.644. The molecule has 1 amide bonds. The van der Waals surface area contributed by atoms with E-state index in [1.165, 1.54) is 11.6 Å². The van der Waals surface area contributed by atoms with Gasteiger partial charge in [-0.05, 0) is 62.2 Å². The molecule has 1 fully saturated rings. The first-order valence-electron chi connectivity index (χ1n) is 10.8. The molecular weight excluding hydrogens is 377 g/mol. The van der Waals surface area contributed by atoms with E-state index in [4.69, 9.17) is 0 Å². The van der Waals surface area contributed by atoms with Crippen LogP contribution in [0.4, 0.5) is 15.8 Å². The van der Waals surface area contributed by atoms with E-state index in [9.17, 15) is 9.18 Å². The molecule has 5 heteroatoms. The summed E-state index contributed by atoms with van der Waals surface area (Å²) >= 11 is 0. The molecule has 0 saturated carbocycles. The predicted molar refractivity (Wildman–Crippen MR) is 125 cm³/mol. The molecule has 0 radical (unpaired) electrons. The number of hydrogen-bond donors (Lipinski definition) is 0. The minimum atomic E-state index is -0.268. The van der Waals surface area contributed by atoms with E-state index < -0.39 is 0 Å². The second kappa shape index (κ2) is 9.61. The monoisotopic (exact) mass is 413 g/mol. The highest BCUT2D eigenvalue weighted by Gasteiger charge is 2.26. The minimum Gasteiger partial charge on any atom is -0.368 e. The second-order valence-electron chi connectivity index (χ2n) is 8.84. The number of carbonyl (C=O) groups is 1. The summed E-state index contributed by atoms with van der Waals surface area (Å²) in [5.41, 5.74) is 3.66. The summed E-state index contributed by atoms with van der Waals surface area (Å²) < 4.78 is 14.8. The molecule has 3 rings (SSSR count). The SMILES string of the molecule is CC(C)c1ccc(CCC(=O)N(C)c2ccc(N3CCC(N(C)C)C3)c(F)c2)cc1.[HH]. The van der Waals surface area contributed by atoms with Crippen molar-refractivity contribution in [2.45, 2.75) is 45.1 Å². The van der Waals surface area contributed by atoms with Crippen LogP contribution < -0.4 is 9.80 Å². The lowest BCUT2D eigenvalue weighted by Gasteiger charge is -2.23. The summed E-state index contributed by atoms with van der Waals surface area (Å²) in [6.07, 6.45) is 2.12. The lowest BCUT2D eigenvalue weighted by Crippen LogP contribution is -2.31. The van der Waals surface area contributed by atoms with E-state index in [-0.39, 0.29) is 13.2 Å². The lowest BCUT2D eigenvalue weighted by molar-refractivity contribution is -0.118. The third-order valence-electron chi connectivity index (χ3n) is 6.20. The largest absolute Gasteiger partial charge is 0.368 e. The molecule has 0 bridgehead atoms. The summed E-state index contributed by atoms with van der Waals surface area (Å²) in [7, 11) is 5.84. The molecule has 30 heavy (non-hydrogen) atoms. The highest BCUT2D eigenvalue weighted by molar-refractivity contribution is 5.93. The number of carbonyl (C=O) groups excluding carboxylic acids is 1. The number of halogens is 1. The van der Waals surface area contributed by atoms with E-state index in [0.717, 1.165) is 25.1 Å². The number of rotatable bonds is 7. The first-order chi connectivity index (χ1) is 14.3. The van der Waals surface area contributed by atoms with Crippen molar-refractivity contribution in [3.05, 3.63) is 59.4 Å². The van der Waals surface area contributed by atoms with Crippen LogP contribution in [0.1, 0.15) is 45.2 Å². The summed E-state index contributed by atoms with van der Waals surface area (Å²) in [4.78, 5) is 18.5. The van der Waals surface area contributed by atoms with Crippen LogP contribution in [-0.4, -0.2) is 51.1 Å². The summed E-state index contributed by atoms with van der Waals surface area (Å²) in [6, 6.07) is 14.0. The van der Waals surface area contributed by atoms with Crippen molar-refractivity contribution in [1.82, 2.24) is 4.90 Å². The van der Waals surface area contributed by atoms with Crippen LogP contribution in [0.3, 0.4) is 0 Å². The van der Waals surface area contributed by atoms with Gasteiger partial charge in [0.2, 0.25) is 5.91 Å². The van der Waals surface area contributed by atoms with Crippen molar-refractivity contribution in [2.75, 3.05) is 44.0 Å². The van der Waals surface area contributed by atoms with Crippen molar-refractivity contribution in [3.8, 4) is 0 Å². The van der Waals surface area contributed by atoms with Crippen LogP contribution in [0.15, 0.2) is 42.5 Å². The Morgan fingerprint density at radius 1 is 1.17 bits per heavy atom. The van der Waals surface area contributed by atoms with E-state index in [1.807, 2.05) is 6.07 Å². The molecule has 1 aliphatic heterocycles. The van der Waals surface area contributed by atoms with Crippen LogP contribution in [0, 0.1) is 5.82 Å². The van der Waals surface area contributed by atoms with Crippen molar-refractivity contribution in [3.63, 3.8) is 0 Å². The smallest absolute Gasteiger partial charge is 0.227 e. The third-order valence-corrected chi connectivity index (χ3v) is 6.20. The van der Waals surface area contributed by atoms with Gasteiger partial charge in [0.15, 0.2) is 0 Å². The number of benzene rings is 2. The van der Waals surface area contributed by atoms with Crippen molar-refractivity contribution >= 4 is 17.3 Å². The normalized spacial score (nSPS) is 16.5. The first-order valence-corrected chi connectivity index (χ1v) is 10.8. The molecule has 1 aliphatic rings. The van der Waals surface area contributed by atoms with Gasteiger partial charge < -0.3 is 14.7 Å². The van der Waals surface area contributed by atoms with Gasteiger partial charge in [0.25, 0.3) is 0 Å². The zero-order valence-electron chi connectivity index (χ0n) is 18.9. The zero-order chi connectivity index (χ0) is 21.8. The van der Waals surface area contributed by atoms with Gasteiger partial charge in [-0.25, -0.2) is 4.39 Å². The van der Waals surface area contributed by atoms with Crippen LogP contribution >= 0.6 is 0 Å². The Labute approximate surface area is 181 Å². The van der Waals surface area contributed by atoms with E-state index >= 15 is 0 Å². The van der Waals surface area contributed by atoms with Gasteiger partial charge in [-0.3, -0.25) is 4.79 Å². The predicted octanol–water partition coefficient (Wildman–Crippen LogP) is 4.93.